The van der Waals surface area contributed by atoms with Crippen LogP contribution in [0.2, 0.25) is 0 Å². The molecule has 0 aliphatic carbocycles. The zero-order valence-corrected chi connectivity index (χ0v) is 13.4. The molecule has 1 aromatic carbocycles. The van der Waals surface area contributed by atoms with E-state index in [0.717, 1.165) is 0 Å². The van der Waals surface area contributed by atoms with Crippen molar-refractivity contribution in [1.29, 1.82) is 0 Å². The smallest absolute Gasteiger partial charge is 0.460 e. The second-order valence-corrected chi connectivity index (χ2v) is 4.77. The minimum Gasteiger partial charge on any atom is -0.460 e. The van der Waals surface area contributed by atoms with Crippen LogP contribution < -0.4 is 10.6 Å². The summed E-state index contributed by atoms with van der Waals surface area (Å²) in [5.41, 5.74) is -2.74. The predicted octanol–water partition coefficient (Wildman–Crippen LogP) is 1.32. The fraction of sp³-hybridized carbons (Fsp3) is 0.467. The molecule has 24 heavy (non-hydrogen) atoms. The van der Waals surface area contributed by atoms with Gasteiger partial charge in [0.2, 0.25) is 0 Å². The number of ether oxygens (including phenoxy) is 2. The molecule has 1 aromatic rings. The molecular weight excluding hydrogens is 329 g/mol. The number of alkyl carbamates (subject to hydrolysis) is 1. The Morgan fingerprint density at radius 2 is 1.67 bits per heavy atom. The van der Waals surface area contributed by atoms with Crippen molar-refractivity contribution in [2.24, 2.45) is 0 Å². The van der Waals surface area contributed by atoms with Crippen molar-refractivity contribution < 1.29 is 37.6 Å². The third-order valence-corrected chi connectivity index (χ3v) is 3.11. The molecule has 0 aliphatic rings. The second-order valence-electron chi connectivity index (χ2n) is 4.77. The van der Waals surface area contributed by atoms with E-state index in [1.807, 2.05) is 0 Å². The second kappa shape index (κ2) is 8.53. The van der Waals surface area contributed by atoms with E-state index in [1.54, 1.807) is 35.6 Å². The molecule has 134 valence electrons. The quantitative estimate of drug-likeness (QED) is 0.575. The number of rotatable bonds is 7. The van der Waals surface area contributed by atoms with Crippen molar-refractivity contribution in [3.63, 3.8) is 0 Å². The summed E-state index contributed by atoms with van der Waals surface area (Å²) in [5.74, 6) is -1.61. The summed E-state index contributed by atoms with van der Waals surface area (Å²) in [6, 6.07) is 8.23. The van der Waals surface area contributed by atoms with E-state index < -0.39 is 23.9 Å². The largest absolute Gasteiger partial charge is 0.478 e. The third-order valence-electron chi connectivity index (χ3n) is 3.11. The average Bonchev–Trinajstić information content (AvgIpc) is 2.51. The molecule has 1 amide bonds. The molecule has 0 bridgehead atoms. The number of amides is 1. The van der Waals surface area contributed by atoms with Gasteiger partial charge in [0.15, 0.2) is 0 Å². The molecule has 0 aliphatic heterocycles. The van der Waals surface area contributed by atoms with Crippen LogP contribution in [0.15, 0.2) is 30.3 Å². The van der Waals surface area contributed by atoms with Crippen molar-refractivity contribution >= 4 is 12.1 Å². The maximum Gasteiger partial charge on any atom is 0.478 e. The van der Waals surface area contributed by atoms with Crippen LogP contribution in [0, 0.1) is 0 Å². The van der Waals surface area contributed by atoms with Gasteiger partial charge in [0.25, 0.3) is 0 Å². The monoisotopic (exact) mass is 349 g/mol. The van der Waals surface area contributed by atoms with Gasteiger partial charge in [0, 0.05) is 5.56 Å². The summed E-state index contributed by atoms with van der Waals surface area (Å²) in [4.78, 5) is 23.6. The standard InChI is InChI=1S/C15H19F3N2O4/c1-3-23-12(21)14(15(16,17)18,20-13(22)24-4-2)19-10-11-8-6-5-7-9-11/h5-9,19H,3-4,10H2,1-2H3,(H,20,22)/p+1/t14-/m0/s1. The predicted molar refractivity (Wildman–Crippen MR) is 77.6 cm³/mol. The molecular formula is C15H20F3N2O4+. The van der Waals surface area contributed by atoms with Gasteiger partial charge in [0.05, 0.1) is 13.2 Å². The number of quaternary nitrogens is 1. The summed E-state index contributed by atoms with van der Waals surface area (Å²) in [5, 5.41) is 2.29. The van der Waals surface area contributed by atoms with E-state index >= 15 is 0 Å². The third kappa shape index (κ3) is 4.85. The Labute approximate surface area is 137 Å². The van der Waals surface area contributed by atoms with Gasteiger partial charge in [0.1, 0.15) is 6.54 Å². The van der Waals surface area contributed by atoms with Crippen LogP contribution in [0.1, 0.15) is 19.4 Å². The van der Waals surface area contributed by atoms with E-state index in [1.165, 1.54) is 13.8 Å². The Morgan fingerprint density at radius 3 is 2.17 bits per heavy atom. The zero-order valence-electron chi connectivity index (χ0n) is 13.4. The molecule has 1 rings (SSSR count). The summed E-state index contributed by atoms with van der Waals surface area (Å²) in [6.45, 7) is 2.21. The fourth-order valence-corrected chi connectivity index (χ4v) is 1.95. The van der Waals surface area contributed by atoms with E-state index in [9.17, 15) is 22.8 Å². The minimum absolute atomic E-state index is 0.138. The molecule has 0 spiro atoms. The number of nitrogens with one attached hydrogen (secondary N) is 1. The van der Waals surface area contributed by atoms with Crippen LogP contribution in [0.25, 0.3) is 0 Å². The van der Waals surface area contributed by atoms with Crippen molar-refractivity contribution in [3.05, 3.63) is 35.9 Å². The lowest BCUT2D eigenvalue weighted by Crippen LogP contribution is -3.06. The lowest BCUT2D eigenvalue weighted by molar-refractivity contribution is -0.757. The van der Waals surface area contributed by atoms with E-state index in [-0.39, 0.29) is 19.8 Å². The Kier molecular flexibility index (Phi) is 7.02. The molecule has 9 heteroatoms. The Hall–Kier alpha value is -2.29. The first-order valence-electron chi connectivity index (χ1n) is 7.34. The molecule has 0 unspecified atom stereocenters. The van der Waals surface area contributed by atoms with E-state index in [4.69, 9.17) is 0 Å². The molecule has 0 heterocycles. The van der Waals surface area contributed by atoms with Gasteiger partial charge < -0.3 is 14.8 Å². The number of halogens is 3. The number of esters is 1. The molecule has 6 nitrogen and oxygen atoms in total. The number of carbonyl (C=O) groups is 2. The summed E-state index contributed by atoms with van der Waals surface area (Å²) < 4.78 is 50.0. The highest BCUT2D eigenvalue weighted by Gasteiger charge is 2.67. The molecule has 3 N–H and O–H groups in total. The first-order valence-corrected chi connectivity index (χ1v) is 7.34. The van der Waals surface area contributed by atoms with Crippen molar-refractivity contribution in [2.75, 3.05) is 13.2 Å². The minimum atomic E-state index is -5.10. The van der Waals surface area contributed by atoms with Gasteiger partial charge in [-0.2, -0.15) is 13.2 Å². The van der Waals surface area contributed by atoms with Crippen LogP contribution in [-0.4, -0.2) is 37.1 Å². The molecule has 1 atom stereocenters. The van der Waals surface area contributed by atoms with Crippen LogP contribution in [0.4, 0.5) is 18.0 Å². The van der Waals surface area contributed by atoms with Crippen LogP contribution >= 0.6 is 0 Å². The molecule has 0 radical (unpaired) electrons. The van der Waals surface area contributed by atoms with Crippen molar-refractivity contribution in [1.82, 2.24) is 5.32 Å². The van der Waals surface area contributed by atoms with Crippen LogP contribution in [-0.2, 0) is 20.8 Å². The number of hydrogen-bond donors (Lipinski definition) is 2. The number of hydrogen-bond acceptors (Lipinski definition) is 4. The van der Waals surface area contributed by atoms with Gasteiger partial charge >= 0.3 is 23.9 Å². The first-order chi connectivity index (χ1) is 11.3. The number of nitrogens with two attached hydrogens (primary N) is 1. The zero-order chi connectivity index (χ0) is 18.2. The lowest BCUT2D eigenvalue weighted by atomic mass is 10.1. The molecule has 0 saturated heterocycles. The maximum atomic E-state index is 13.6. The van der Waals surface area contributed by atoms with Crippen LogP contribution in [0.5, 0.6) is 0 Å². The van der Waals surface area contributed by atoms with Gasteiger partial charge in [-0.15, -0.1) is 0 Å². The van der Waals surface area contributed by atoms with Gasteiger partial charge in [-0.05, 0) is 13.8 Å². The number of benzene rings is 1. The van der Waals surface area contributed by atoms with Gasteiger partial charge in [-0.3, -0.25) is 5.32 Å². The Morgan fingerprint density at radius 1 is 1.08 bits per heavy atom. The van der Waals surface area contributed by atoms with Gasteiger partial charge in [-0.25, -0.2) is 9.59 Å². The van der Waals surface area contributed by atoms with Crippen LogP contribution in [0.3, 0.4) is 0 Å². The van der Waals surface area contributed by atoms with Crippen molar-refractivity contribution in [3.8, 4) is 0 Å². The number of carbonyl (C=O) groups excluding carboxylic acids is 2. The highest BCUT2D eigenvalue weighted by molar-refractivity contribution is 5.84. The molecule has 0 saturated carbocycles. The first kappa shape index (κ1) is 19.8. The highest BCUT2D eigenvalue weighted by Crippen LogP contribution is 2.27. The van der Waals surface area contributed by atoms with E-state index in [0.29, 0.717) is 10.9 Å². The van der Waals surface area contributed by atoms with Crippen molar-refractivity contribution in [2.45, 2.75) is 32.2 Å². The normalized spacial score (nSPS) is 13.7. The van der Waals surface area contributed by atoms with Gasteiger partial charge in [-0.1, -0.05) is 30.3 Å². The fourth-order valence-electron chi connectivity index (χ4n) is 1.95. The Bertz CT molecular complexity index is 551. The summed E-state index contributed by atoms with van der Waals surface area (Å²) in [7, 11) is 0. The van der Waals surface area contributed by atoms with E-state index in [2.05, 4.69) is 9.47 Å². The number of alkyl halides is 3. The summed E-state index contributed by atoms with van der Waals surface area (Å²) in [6.07, 6.45) is -6.45. The average molecular weight is 349 g/mol. The maximum absolute atomic E-state index is 13.6. The molecule has 0 fully saturated rings. The lowest BCUT2D eigenvalue weighted by Gasteiger charge is -2.30. The topological polar surface area (TPSA) is 81.2 Å². The Balaban J connectivity index is 3.13. The SMILES string of the molecule is CCOC(=O)N[C@@]([NH2+]Cc1ccccc1)(C(=O)OCC)C(F)(F)F. The molecule has 0 aromatic heterocycles. The summed E-state index contributed by atoms with van der Waals surface area (Å²) >= 11 is 0. The highest BCUT2D eigenvalue weighted by atomic mass is 19.4.